The number of methoxy groups -OCH3 is 1. The van der Waals surface area contributed by atoms with Gasteiger partial charge in [0.2, 0.25) is 11.8 Å². The first-order valence-electron chi connectivity index (χ1n) is 8.45. The average molecular weight is 356 g/mol. The van der Waals surface area contributed by atoms with Gasteiger partial charge in [-0.3, -0.25) is 9.59 Å². The van der Waals surface area contributed by atoms with Crippen molar-refractivity contribution in [3.63, 3.8) is 0 Å². The van der Waals surface area contributed by atoms with Crippen molar-refractivity contribution in [2.45, 2.75) is 13.0 Å². The molecule has 0 aliphatic carbocycles. The van der Waals surface area contributed by atoms with Crippen LogP contribution < -0.4 is 15.4 Å². The van der Waals surface area contributed by atoms with Gasteiger partial charge in [-0.05, 0) is 29.7 Å². The zero-order chi connectivity index (χ0) is 18.6. The molecule has 2 rings (SSSR count). The molecular formula is C20H24N2O4. The molecule has 26 heavy (non-hydrogen) atoms. The second-order valence-corrected chi connectivity index (χ2v) is 5.69. The maximum Gasteiger partial charge on any atom is 0.246 e. The molecular weight excluding hydrogens is 332 g/mol. The number of benzene rings is 2. The quantitative estimate of drug-likeness (QED) is 0.635. The molecule has 6 nitrogen and oxygen atoms in total. The van der Waals surface area contributed by atoms with Crippen LogP contribution in [0.3, 0.4) is 0 Å². The first-order chi connectivity index (χ1) is 12.7. The van der Waals surface area contributed by atoms with Gasteiger partial charge in [0, 0.05) is 6.54 Å². The minimum atomic E-state index is -0.308. The van der Waals surface area contributed by atoms with Crippen molar-refractivity contribution >= 4 is 11.8 Å². The summed E-state index contributed by atoms with van der Waals surface area (Å²) < 4.78 is 10.4. The summed E-state index contributed by atoms with van der Waals surface area (Å²) in [6, 6.07) is 17.3. The summed E-state index contributed by atoms with van der Waals surface area (Å²) in [6.07, 6.45) is 0.746. The van der Waals surface area contributed by atoms with Crippen LogP contribution in [0.4, 0.5) is 0 Å². The lowest BCUT2D eigenvalue weighted by Gasteiger charge is -2.08. The molecule has 0 spiro atoms. The molecule has 0 fully saturated rings. The maximum atomic E-state index is 11.8. The van der Waals surface area contributed by atoms with Gasteiger partial charge in [-0.2, -0.15) is 0 Å². The van der Waals surface area contributed by atoms with Gasteiger partial charge in [0.25, 0.3) is 0 Å². The topological polar surface area (TPSA) is 76.7 Å². The molecule has 0 aliphatic rings. The van der Waals surface area contributed by atoms with Crippen molar-refractivity contribution in [1.29, 1.82) is 0 Å². The largest absolute Gasteiger partial charge is 0.497 e. The number of carbonyl (C=O) groups excluding carboxylic acids is 2. The molecule has 0 saturated carbocycles. The third-order valence-corrected chi connectivity index (χ3v) is 3.71. The van der Waals surface area contributed by atoms with E-state index in [9.17, 15) is 9.59 Å². The molecule has 138 valence electrons. The summed E-state index contributed by atoms with van der Waals surface area (Å²) in [5.74, 6) is 0.204. The van der Waals surface area contributed by atoms with E-state index in [2.05, 4.69) is 10.6 Å². The van der Waals surface area contributed by atoms with Crippen molar-refractivity contribution < 1.29 is 19.1 Å². The number of hydrogen-bond donors (Lipinski definition) is 2. The number of hydrogen-bond acceptors (Lipinski definition) is 4. The van der Waals surface area contributed by atoms with E-state index in [1.54, 1.807) is 7.11 Å². The average Bonchev–Trinajstić information content (AvgIpc) is 2.69. The van der Waals surface area contributed by atoms with E-state index >= 15 is 0 Å². The van der Waals surface area contributed by atoms with Gasteiger partial charge >= 0.3 is 0 Å². The van der Waals surface area contributed by atoms with Crippen molar-refractivity contribution in [2.24, 2.45) is 0 Å². The van der Waals surface area contributed by atoms with E-state index in [4.69, 9.17) is 9.47 Å². The molecule has 0 bridgehead atoms. The SMILES string of the molecule is COc1ccc(CNC(=O)CNC(=O)COCCc2ccccc2)cc1. The smallest absolute Gasteiger partial charge is 0.246 e. The molecule has 0 unspecified atom stereocenters. The zero-order valence-electron chi connectivity index (χ0n) is 14.9. The van der Waals surface area contributed by atoms with Gasteiger partial charge in [0.05, 0.1) is 20.3 Å². The summed E-state index contributed by atoms with van der Waals surface area (Å²) in [5, 5.41) is 5.28. The molecule has 2 amide bonds. The standard InChI is InChI=1S/C20H24N2O4/c1-25-18-9-7-17(8-10-18)13-21-19(23)14-22-20(24)15-26-12-11-16-5-3-2-4-6-16/h2-10H,11-15H2,1H3,(H,21,23)(H,22,24). The summed E-state index contributed by atoms with van der Waals surface area (Å²) in [4.78, 5) is 23.4. The zero-order valence-corrected chi connectivity index (χ0v) is 14.9. The van der Waals surface area contributed by atoms with Crippen LogP contribution in [0.2, 0.25) is 0 Å². The van der Waals surface area contributed by atoms with E-state index in [0.717, 1.165) is 23.3 Å². The Labute approximate surface area is 153 Å². The monoisotopic (exact) mass is 356 g/mol. The molecule has 0 radical (unpaired) electrons. The highest BCUT2D eigenvalue weighted by molar-refractivity contribution is 5.85. The van der Waals surface area contributed by atoms with Crippen LogP contribution in [-0.4, -0.2) is 38.7 Å². The maximum absolute atomic E-state index is 11.8. The van der Waals surface area contributed by atoms with Gasteiger partial charge in [0.1, 0.15) is 12.4 Å². The summed E-state index contributed by atoms with van der Waals surface area (Å²) in [7, 11) is 1.60. The molecule has 2 aromatic rings. The van der Waals surface area contributed by atoms with Gasteiger partial charge < -0.3 is 20.1 Å². The fraction of sp³-hybridized carbons (Fsp3) is 0.300. The lowest BCUT2D eigenvalue weighted by Crippen LogP contribution is -2.38. The van der Waals surface area contributed by atoms with E-state index in [-0.39, 0.29) is 25.0 Å². The fourth-order valence-electron chi connectivity index (χ4n) is 2.24. The Bertz CT molecular complexity index is 687. The Hall–Kier alpha value is -2.86. The summed E-state index contributed by atoms with van der Waals surface area (Å²) in [6.45, 7) is 0.725. The lowest BCUT2D eigenvalue weighted by atomic mass is 10.2. The van der Waals surface area contributed by atoms with Crippen molar-refractivity contribution in [2.75, 3.05) is 26.9 Å². The Morgan fingerprint density at radius 2 is 1.62 bits per heavy atom. The Morgan fingerprint density at radius 1 is 0.885 bits per heavy atom. The fourth-order valence-corrected chi connectivity index (χ4v) is 2.24. The highest BCUT2D eigenvalue weighted by Gasteiger charge is 2.06. The molecule has 6 heteroatoms. The predicted molar refractivity (Wildman–Crippen MR) is 98.8 cm³/mol. The van der Waals surface area contributed by atoms with E-state index in [0.29, 0.717) is 13.2 Å². The van der Waals surface area contributed by atoms with E-state index < -0.39 is 0 Å². The van der Waals surface area contributed by atoms with Crippen LogP contribution >= 0.6 is 0 Å². The number of nitrogens with one attached hydrogen (secondary N) is 2. The van der Waals surface area contributed by atoms with Crippen molar-refractivity contribution in [3.8, 4) is 5.75 Å². The van der Waals surface area contributed by atoms with Crippen molar-refractivity contribution in [3.05, 3.63) is 65.7 Å². The number of rotatable bonds is 10. The minimum Gasteiger partial charge on any atom is -0.497 e. The molecule has 0 heterocycles. The van der Waals surface area contributed by atoms with Crippen LogP contribution in [-0.2, 0) is 27.3 Å². The summed E-state index contributed by atoms with van der Waals surface area (Å²) in [5.41, 5.74) is 2.11. The van der Waals surface area contributed by atoms with Gasteiger partial charge in [0.15, 0.2) is 0 Å². The summed E-state index contributed by atoms with van der Waals surface area (Å²) >= 11 is 0. The van der Waals surface area contributed by atoms with Gasteiger partial charge in [-0.15, -0.1) is 0 Å². The number of ether oxygens (including phenoxy) is 2. The Morgan fingerprint density at radius 3 is 2.31 bits per heavy atom. The first-order valence-corrected chi connectivity index (χ1v) is 8.45. The van der Waals surface area contributed by atoms with Crippen LogP contribution in [0, 0.1) is 0 Å². The Balaban J connectivity index is 1.55. The number of carbonyl (C=O) groups is 2. The van der Waals surface area contributed by atoms with Crippen molar-refractivity contribution in [1.82, 2.24) is 10.6 Å². The molecule has 2 N–H and O–H groups in total. The van der Waals surface area contributed by atoms with Crippen LogP contribution in [0.15, 0.2) is 54.6 Å². The van der Waals surface area contributed by atoms with Crippen LogP contribution in [0.5, 0.6) is 5.75 Å². The van der Waals surface area contributed by atoms with Gasteiger partial charge in [-0.25, -0.2) is 0 Å². The second-order valence-electron chi connectivity index (χ2n) is 5.69. The minimum absolute atomic E-state index is 0.0570. The molecule has 0 aromatic heterocycles. The van der Waals surface area contributed by atoms with E-state index in [1.165, 1.54) is 0 Å². The third-order valence-electron chi connectivity index (χ3n) is 3.71. The predicted octanol–water partition coefficient (Wildman–Crippen LogP) is 1.69. The second kappa shape index (κ2) is 10.9. The highest BCUT2D eigenvalue weighted by atomic mass is 16.5. The van der Waals surface area contributed by atoms with Gasteiger partial charge in [-0.1, -0.05) is 42.5 Å². The number of amides is 2. The lowest BCUT2D eigenvalue weighted by molar-refractivity contribution is -0.129. The Kier molecular flexibility index (Phi) is 8.15. The van der Waals surface area contributed by atoms with E-state index in [1.807, 2.05) is 54.6 Å². The molecule has 2 aromatic carbocycles. The highest BCUT2D eigenvalue weighted by Crippen LogP contribution is 2.10. The normalized spacial score (nSPS) is 10.2. The first kappa shape index (κ1) is 19.5. The third kappa shape index (κ3) is 7.36. The van der Waals surface area contributed by atoms with Crippen LogP contribution in [0.1, 0.15) is 11.1 Å². The molecule has 0 saturated heterocycles. The van der Waals surface area contributed by atoms with Crippen LogP contribution in [0.25, 0.3) is 0 Å². The molecule has 0 aliphatic heterocycles. The molecule has 0 atom stereocenters.